The highest BCUT2D eigenvalue weighted by Gasteiger charge is 2.08. The second-order valence-corrected chi connectivity index (χ2v) is 3.48. The minimum atomic E-state index is -0.216. The number of carbonyl (C=O) groups excluding carboxylic acids is 1. The molecule has 2 aromatic rings. The van der Waals surface area contributed by atoms with Crippen molar-refractivity contribution in [1.29, 1.82) is 0 Å². The van der Waals surface area contributed by atoms with Crippen LogP contribution in [0.15, 0.2) is 30.7 Å². The number of carbonyl (C=O) groups is 1. The van der Waals surface area contributed by atoms with Crippen molar-refractivity contribution < 1.29 is 4.79 Å². The molecule has 0 atom stereocenters. The summed E-state index contributed by atoms with van der Waals surface area (Å²) in [5.74, 6) is -0.216. The van der Waals surface area contributed by atoms with E-state index in [4.69, 9.17) is 5.73 Å². The standard InChI is InChI=1S/C11H13N5O/c1-13-11(17)10-2-3-16(15-10)9-4-8(5-12)6-14-7-9/h2-4,6-7H,5,12H2,1H3,(H,13,17). The summed E-state index contributed by atoms with van der Waals surface area (Å²) in [4.78, 5) is 15.4. The minimum absolute atomic E-state index is 0.216. The number of rotatable bonds is 3. The summed E-state index contributed by atoms with van der Waals surface area (Å²) in [6.45, 7) is 0.421. The van der Waals surface area contributed by atoms with E-state index in [1.165, 1.54) is 0 Å². The fourth-order valence-corrected chi connectivity index (χ4v) is 1.43. The van der Waals surface area contributed by atoms with Gasteiger partial charge in [-0.1, -0.05) is 0 Å². The van der Waals surface area contributed by atoms with Gasteiger partial charge >= 0.3 is 0 Å². The molecule has 3 N–H and O–H groups in total. The van der Waals surface area contributed by atoms with Gasteiger partial charge in [-0.2, -0.15) is 5.10 Å². The molecule has 88 valence electrons. The van der Waals surface area contributed by atoms with Crippen LogP contribution in [0.25, 0.3) is 5.69 Å². The van der Waals surface area contributed by atoms with Gasteiger partial charge in [0.2, 0.25) is 0 Å². The molecular formula is C11H13N5O. The summed E-state index contributed by atoms with van der Waals surface area (Å²) in [6, 6.07) is 3.53. The maximum atomic E-state index is 11.4. The molecule has 6 heteroatoms. The molecule has 6 nitrogen and oxygen atoms in total. The van der Waals surface area contributed by atoms with E-state index in [0.717, 1.165) is 11.3 Å². The average molecular weight is 231 g/mol. The highest BCUT2D eigenvalue weighted by atomic mass is 16.1. The van der Waals surface area contributed by atoms with E-state index in [1.807, 2.05) is 6.07 Å². The number of amides is 1. The molecule has 2 rings (SSSR count). The Morgan fingerprint density at radius 2 is 2.35 bits per heavy atom. The van der Waals surface area contributed by atoms with Crippen molar-refractivity contribution in [3.8, 4) is 5.69 Å². The van der Waals surface area contributed by atoms with Gasteiger partial charge in [-0.05, 0) is 17.7 Å². The Morgan fingerprint density at radius 1 is 1.53 bits per heavy atom. The third kappa shape index (κ3) is 2.31. The Labute approximate surface area is 98.5 Å². The Kier molecular flexibility index (Phi) is 3.15. The lowest BCUT2D eigenvalue weighted by Crippen LogP contribution is -2.18. The second-order valence-electron chi connectivity index (χ2n) is 3.48. The quantitative estimate of drug-likeness (QED) is 0.783. The van der Waals surface area contributed by atoms with E-state index < -0.39 is 0 Å². The summed E-state index contributed by atoms with van der Waals surface area (Å²) in [5, 5.41) is 6.67. The number of nitrogens with zero attached hydrogens (tertiary/aromatic N) is 3. The van der Waals surface area contributed by atoms with Gasteiger partial charge in [0.05, 0.1) is 11.9 Å². The Hall–Kier alpha value is -2.21. The normalized spacial score (nSPS) is 10.2. The Bertz CT molecular complexity index is 534. The van der Waals surface area contributed by atoms with Gasteiger partial charge in [0.25, 0.3) is 5.91 Å². The SMILES string of the molecule is CNC(=O)c1ccn(-c2cncc(CN)c2)n1. The van der Waals surface area contributed by atoms with Gasteiger partial charge in [0.1, 0.15) is 0 Å². The van der Waals surface area contributed by atoms with Crippen molar-refractivity contribution >= 4 is 5.91 Å². The number of hydrogen-bond donors (Lipinski definition) is 2. The minimum Gasteiger partial charge on any atom is -0.354 e. The summed E-state index contributed by atoms with van der Waals surface area (Å²) in [5.41, 5.74) is 7.60. The van der Waals surface area contributed by atoms with Crippen LogP contribution in [0.3, 0.4) is 0 Å². The van der Waals surface area contributed by atoms with Crippen molar-refractivity contribution in [2.45, 2.75) is 6.54 Å². The van der Waals surface area contributed by atoms with Crippen LogP contribution in [0.2, 0.25) is 0 Å². The third-order valence-electron chi connectivity index (χ3n) is 2.33. The van der Waals surface area contributed by atoms with Gasteiger partial charge in [-0.15, -0.1) is 0 Å². The van der Waals surface area contributed by atoms with Crippen molar-refractivity contribution in [1.82, 2.24) is 20.1 Å². The topological polar surface area (TPSA) is 85.8 Å². The van der Waals surface area contributed by atoms with E-state index in [1.54, 1.807) is 36.4 Å². The first-order chi connectivity index (χ1) is 8.24. The maximum absolute atomic E-state index is 11.4. The van der Waals surface area contributed by atoms with Crippen LogP contribution in [0, 0.1) is 0 Å². The zero-order valence-corrected chi connectivity index (χ0v) is 9.42. The van der Waals surface area contributed by atoms with Gasteiger partial charge < -0.3 is 11.1 Å². The van der Waals surface area contributed by atoms with E-state index >= 15 is 0 Å². The molecule has 0 saturated carbocycles. The molecule has 0 bridgehead atoms. The lowest BCUT2D eigenvalue weighted by molar-refractivity contribution is 0.0957. The van der Waals surface area contributed by atoms with Crippen LogP contribution < -0.4 is 11.1 Å². The van der Waals surface area contributed by atoms with Gasteiger partial charge in [-0.25, -0.2) is 4.68 Å². The molecule has 2 aromatic heterocycles. The lowest BCUT2D eigenvalue weighted by atomic mass is 10.3. The third-order valence-corrected chi connectivity index (χ3v) is 2.33. The van der Waals surface area contributed by atoms with Crippen molar-refractivity contribution in [3.63, 3.8) is 0 Å². The number of aromatic nitrogens is 3. The fraction of sp³-hybridized carbons (Fsp3) is 0.182. The average Bonchev–Trinajstić information content (AvgIpc) is 2.87. The van der Waals surface area contributed by atoms with E-state index in [9.17, 15) is 4.79 Å². The molecule has 0 aliphatic heterocycles. The zero-order valence-electron chi connectivity index (χ0n) is 9.42. The van der Waals surface area contributed by atoms with Crippen molar-refractivity contribution in [3.05, 3.63) is 42.0 Å². The van der Waals surface area contributed by atoms with Crippen LogP contribution in [-0.4, -0.2) is 27.7 Å². The Morgan fingerprint density at radius 3 is 3.06 bits per heavy atom. The predicted octanol–water partition coefficient (Wildman–Crippen LogP) is 0.0856. The number of nitrogens with one attached hydrogen (secondary N) is 1. The van der Waals surface area contributed by atoms with Crippen molar-refractivity contribution in [2.24, 2.45) is 5.73 Å². The van der Waals surface area contributed by atoms with Gasteiger partial charge in [0.15, 0.2) is 5.69 Å². The van der Waals surface area contributed by atoms with Crippen LogP contribution in [0.1, 0.15) is 16.1 Å². The number of hydrogen-bond acceptors (Lipinski definition) is 4. The summed E-state index contributed by atoms with van der Waals surface area (Å²) < 4.78 is 1.59. The monoisotopic (exact) mass is 231 g/mol. The molecule has 0 radical (unpaired) electrons. The molecule has 2 heterocycles. The van der Waals surface area contributed by atoms with Crippen LogP contribution in [0.4, 0.5) is 0 Å². The summed E-state index contributed by atoms with van der Waals surface area (Å²) >= 11 is 0. The van der Waals surface area contributed by atoms with E-state index in [2.05, 4.69) is 15.4 Å². The van der Waals surface area contributed by atoms with Crippen LogP contribution in [-0.2, 0) is 6.54 Å². The number of nitrogens with two attached hydrogens (primary N) is 1. The molecule has 0 aromatic carbocycles. The first-order valence-electron chi connectivity index (χ1n) is 5.16. The second kappa shape index (κ2) is 4.75. The molecular weight excluding hydrogens is 218 g/mol. The first-order valence-corrected chi connectivity index (χ1v) is 5.16. The van der Waals surface area contributed by atoms with Gasteiger partial charge in [-0.3, -0.25) is 9.78 Å². The van der Waals surface area contributed by atoms with Gasteiger partial charge in [0, 0.05) is 26.0 Å². The molecule has 0 aliphatic carbocycles. The highest BCUT2D eigenvalue weighted by molar-refractivity contribution is 5.91. The van der Waals surface area contributed by atoms with E-state index in [-0.39, 0.29) is 5.91 Å². The Balaban J connectivity index is 2.33. The zero-order chi connectivity index (χ0) is 12.3. The largest absolute Gasteiger partial charge is 0.354 e. The van der Waals surface area contributed by atoms with E-state index in [0.29, 0.717) is 12.2 Å². The molecule has 0 aliphatic rings. The number of pyridine rings is 1. The van der Waals surface area contributed by atoms with Crippen LogP contribution in [0.5, 0.6) is 0 Å². The van der Waals surface area contributed by atoms with Crippen LogP contribution >= 0.6 is 0 Å². The van der Waals surface area contributed by atoms with Crippen molar-refractivity contribution in [2.75, 3.05) is 7.05 Å². The fourth-order valence-electron chi connectivity index (χ4n) is 1.43. The molecule has 0 saturated heterocycles. The lowest BCUT2D eigenvalue weighted by Gasteiger charge is -2.02. The molecule has 0 unspecified atom stereocenters. The molecule has 0 spiro atoms. The first kappa shape index (κ1) is 11.3. The maximum Gasteiger partial charge on any atom is 0.271 e. The molecule has 1 amide bonds. The molecule has 0 fully saturated rings. The highest BCUT2D eigenvalue weighted by Crippen LogP contribution is 2.08. The predicted molar refractivity (Wildman–Crippen MR) is 62.6 cm³/mol. The molecule has 17 heavy (non-hydrogen) atoms. The summed E-state index contributed by atoms with van der Waals surface area (Å²) in [7, 11) is 1.57. The summed E-state index contributed by atoms with van der Waals surface area (Å²) in [6.07, 6.45) is 5.08. The smallest absolute Gasteiger partial charge is 0.271 e.